The zero-order valence-electron chi connectivity index (χ0n) is 16.0. The van der Waals surface area contributed by atoms with Crippen LogP contribution in [-0.4, -0.2) is 13.2 Å². The van der Waals surface area contributed by atoms with E-state index in [0.717, 1.165) is 11.1 Å². The second-order valence-electron chi connectivity index (χ2n) is 6.63. The minimum Gasteiger partial charge on any atom is -0.488 e. The molecule has 0 atom stereocenters. The van der Waals surface area contributed by atoms with Gasteiger partial charge in [-0.2, -0.15) is 0 Å². The van der Waals surface area contributed by atoms with Gasteiger partial charge in [0.1, 0.15) is 24.5 Å². The van der Waals surface area contributed by atoms with Crippen LogP contribution >= 0.6 is 11.6 Å². The fraction of sp³-hybridized carbons (Fsp3) is 0.174. The van der Waals surface area contributed by atoms with E-state index in [2.05, 4.69) is 0 Å². The normalized spacial score (nSPS) is 11.0. The van der Waals surface area contributed by atoms with Crippen LogP contribution in [0.2, 0.25) is 5.02 Å². The van der Waals surface area contributed by atoms with Crippen molar-refractivity contribution in [3.8, 4) is 23.0 Å². The number of halogens is 1. The van der Waals surface area contributed by atoms with Crippen molar-refractivity contribution >= 4 is 22.6 Å². The van der Waals surface area contributed by atoms with Crippen molar-refractivity contribution in [3.05, 3.63) is 81.2 Å². The summed E-state index contributed by atoms with van der Waals surface area (Å²) in [4.78, 5) is 13.1. The third-order valence-corrected chi connectivity index (χ3v) is 4.95. The predicted octanol–water partition coefficient (Wildman–Crippen LogP) is 5.78. The number of furan rings is 1. The van der Waals surface area contributed by atoms with Gasteiger partial charge in [0.2, 0.25) is 16.9 Å². The first-order valence-electron chi connectivity index (χ1n) is 9.16. The van der Waals surface area contributed by atoms with E-state index >= 15 is 0 Å². The van der Waals surface area contributed by atoms with E-state index < -0.39 is 0 Å². The minimum absolute atomic E-state index is 0.0958. The summed E-state index contributed by atoms with van der Waals surface area (Å²) in [5, 5.41) is 0.977. The highest BCUT2D eigenvalue weighted by Gasteiger charge is 2.20. The van der Waals surface area contributed by atoms with Crippen LogP contribution < -0.4 is 14.9 Å². The maximum atomic E-state index is 13.1. The number of rotatable bonds is 6. The lowest BCUT2D eigenvalue weighted by Crippen LogP contribution is -2.15. The van der Waals surface area contributed by atoms with E-state index in [0.29, 0.717) is 27.5 Å². The molecule has 0 bridgehead atoms. The summed E-state index contributed by atoms with van der Waals surface area (Å²) in [7, 11) is 0. The Morgan fingerprint density at radius 3 is 2.48 bits per heavy atom. The topological polar surface area (TPSA) is 61.8 Å². The predicted molar refractivity (Wildman–Crippen MR) is 112 cm³/mol. The molecule has 0 N–H and O–H groups in total. The molecule has 0 saturated heterocycles. The number of fused-ring (bicyclic) bond motifs is 1. The molecule has 2 aromatic heterocycles. The van der Waals surface area contributed by atoms with E-state index in [9.17, 15) is 4.79 Å². The van der Waals surface area contributed by atoms with Crippen molar-refractivity contribution in [3.63, 3.8) is 0 Å². The highest BCUT2D eigenvalue weighted by molar-refractivity contribution is 6.32. The van der Waals surface area contributed by atoms with E-state index in [1.165, 1.54) is 6.26 Å². The van der Waals surface area contributed by atoms with Crippen molar-refractivity contribution in [2.24, 2.45) is 0 Å². The Bertz CT molecular complexity index is 1210. The lowest BCUT2D eigenvalue weighted by Gasteiger charge is -2.12. The largest absolute Gasteiger partial charge is 0.488 e. The van der Waals surface area contributed by atoms with Crippen molar-refractivity contribution in [1.82, 2.24) is 0 Å². The van der Waals surface area contributed by atoms with Crippen LogP contribution in [0.5, 0.6) is 11.5 Å². The van der Waals surface area contributed by atoms with Gasteiger partial charge in [-0.15, -0.1) is 0 Å². The smallest absolute Gasteiger partial charge is 0.235 e. The molecule has 4 rings (SSSR count). The van der Waals surface area contributed by atoms with E-state index in [1.807, 2.05) is 38.1 Å². The molecule has 5 nitrogen and oxygen atoms in total. The van der Waals surface area contributed by atoms with Gasteiger partial charge in [-0.05, 0) is 61.4 Å². The van der Waals surface area contributed by atoms with Crippen LogP contribution in [0.25, 0.3) is 22.5 Å². The van der Waals surface area contributed by atoms with E-state index in [-0.39, 0.29) is 30.2 Å². The zero-order chi connectivity index (χ0) is 20.4. The Morgan fingerprint density at radius 2 is 1.72 bits per heavy atom. The van der Waals surface area contributed by atoms with Gasteiger partial charge in [0.25, 0.3) is 0 Å². The fourth-order valence-corrected chi connectivity index (χ4v) is 3.18. The first-order valence-corrected chi connectivity index (χ1v) is 9.54. The van der Waals surface area contributed by atoms with Gasteiger partial charge >= 0.3 is 0 Å². The third-order valence-electron chi connectivity index (χ3n) is 4.63. The summed E-state index contributed by atoms with van der Waals surface area (Å²) in [6, 6.07) is 14.3. The van der Waals surface area contributed by atoms with E-state index in [4.69, 9.17) is 29.9 Å². The molecule has 0 aliphatic heterocycles. The first-order chi connectivity index (χ1) is 14.0. The van der Waals surface area contributed by atoms with Gasteiger partial charge in [0.05, 0.1) is 16.7 Å². The lowest BCUT2D eigenvalue weighted by molar-refractivity contribution is 0.214. The van der Waals surface area contributed by atoms with Gasteiger partial charge < -0.3 is 18.3 Å². The molecule has 2 heterocycles. The molecule has 2 aromatic carbocycles. The summed E-state index contributed by atoms with van der Waals surface area (Å²) in [6.45, 7) is 4.27. The van der Waals surface area contributed by atoms with Gasteiger partial charge in [-0.25, -0.2) is 0 Å². The molecule has 0 spiro atoms. The van der Waals surface area contributed by atoms with Crippen LogP contribution in [0.1, 0.15) is 11.1 Å². The lowest BCUT2D eigenvalue weighted by atomic mass is 10.1. The average molecular weight is 411 g/mol. The molecule has 0 radical (unpaired) electrons. The minimum atomic E-state index is -0.251. The molecule has 148 valence electrons. The number of hydrogen-bond acceptors (Lipinski definition) is 5. The second-order valence-corrected chi connectivity index (χ2v) is 7.03. The number of hydrogen-bond donors (Lipinski definition) is 0. The van der Waals surface area contributed by atoms with Gasteiger partial charge in [0.15, 0.2) is 5.76 Å². The van der Waals surface area contributed by atoms with Crippen LogP contribution in [-0.2, 0) is 0 Å². The summed E-state index contributed by atoms with van der Waals surface area (Å²) < 4.78 is 22.9. The highest BCUT2D eigenvalue weighted by atomic mass is 35.5. The molecular formula is C23H19ClO5. The van der Waals surface area contributed by atoms with Crippen LogP contribution in [0.15, 0.2) is 68.4 Å². The molecule has 0 fully saturated rings. The van der Waals surface area contributed by atoms with E-state index in [1.54, 1.807) is 24.3 Å². The van der Waals surface area contributed by atoms with Gasteiger partial charge in [-0.1, -0.05) is 23.7 Å². The summed E-state index contributed by atoms with van der Waals surface area (Å²) in [5.41, 5.74) is 2.28. The van der Waals surface area contributed by atoms with Gasteiger partial charge in [0, 0.05) is 0 Å². The molecular weight excluding hydrogens is 392 g/mol. The molecule has 0 aliphatic rings. The number of benzene rings is 2. The Kier molecular flexibility index (Phi) is 5.32. The molecule has 6 heteroatoms. The number of ether oxygens (including phenoxy) is 2. The summed E-state index contributed by atoms with van der Waals surface area (Å²) >= 11 is 6.09. The Labute approximate surface area is 172 Å². The molecule has 0 unspecified atom stereocenters. The summed E-state index contributed by atoms with van der Waals surface area (Å²) in [6.07, 6.45) is 1.52. The van der Waals surface area contributed by atoms with Gasteiger partial charge in [-0.3, -0.25) is 4.79 Å². The van der Waals surface area contributed by atoms with Crippen molar-refractivity contribution in [2.75, 3.05) is 13.2 Å². The van der Waals surface area contributed by atoms with Crippen LogP contribution in [0.4, 0.5) is 0 Å². The monoisotopic (exact) mass is 410 g/mol. The Hall–Kier alpha value is -3.18. The summed E-state index contributed by atoms with van der Waals surface area (Å²) in [5.74, 6) is 1.33. The SMILES string of the molecule is Cc1cc2oc(-c3ccco3)c(OCCOc3ccccc3Cl)c(=O)c2cc1C. The molecule has 0 aliphatic carbocycles. The maximum Gasteiger partial charge on any atom is 0.235 e. The number of para-hydroxylation sites is 1. The average Bonchev–Trinajstić information content (AvgIpc) is 3.24. The zero-order valence-corrected chi connectivity index (χ0v) is 16.8. The Morgan fingerprint density at radius 1 is 0.966 bits per heavy atom. The van der Waals surface area contributed by atoms with Crippen molar-refractivity contribution < 1.29 is 18.3 Å². The molecule has 4 aromatic rings. The fourth-order valence-electron chi connectivity index (χ4n) is 2.99. The molecule has 0 saturated carbocycles. The molecule has 29 heavy (non-hydrogen) atoms. The maximum absolute atomic E-state index is 13.1. The van der Waals surface area contributed by atoms with Crippen LogP contribution in [0.3, 0.4) is 0 Å². The third kappa shape index (κ3) is 3.87. The highest BCUT2D eigenvalue weighted by Crippen LogP contribution is 2.32. The van der Waals surface area contributed by atoms with Crippen molar-refractivity contribution in [1.29, 1.82) is 0 Å². The standard InChI is InChI=1S/C23H19ClO5/c1-14-12-16-20(13-15(14)2)29-22(19-8-5-9-26-19)23(21(16)25)28-11-10-27-18-7-4-3-6-17(18)24/h3-9,12-13H,10-11H2,1-2H3. The second kappa shape index (κ2) is 8.05. The van der Waals surface area contributed by atoms with Crippen molar-refractivity contribution in [2.45, 2.75) is 13.8 Å². The Balaban J connectivity index is 1.66. The number of aryl methyl sites for hydroxylation is 2. The molecule has 0 amide bonds. The van der Waals surface area contributed by atoms with Crippen LogP contribution in [0, 0.1) is 13.8 Å². The quantitative estimate of drug-likeness (QED) is 0.377. The first kappa shape index (κ1) is 19.2.